The van der Waals surface area contributed by atoms with Crippen LogP contribution in [0.25, 0.3) is 0 Å². The first-order chi connectivity index (χ1) is 7.17. The Morgan fingerprint density at radius 1 is 1.53 bits per heavy atom. The number of carbonyl (C=O) groups is 1. The van der Waals surface area contributed by atoms with Gasteiger partial charge in [-0.15, -0.1) is 11.8 Å². The molecule has 1 aromatic carbocycles. The number of methoxy groups -OCH3 is 1. The summed E-state index contributed by atoms with van der Waals surface area (Å²) in [6.07, 6.45) is 0.00128. The number of carboxylic acid groups (broad SMARTS) is 1. The molecule has 82 valence electrons. The molecule has 0 radical (unpaired) electrons. The minimum Gasteiger partial charge on any atom is -0.496 e. The summed E-state index contributed by atoms with van der Waals surface area (Å²) in [5, 5.41) is 8.75. The molecule has 0 amide bonds. The summed E-state index contributed by atoms with van der Waals surface area (Å²) >= 11 is 1.69. The van der Waals surface area contributed by atoms with E-state index in [-0.39, 0.29) is 6.42 Å². The second-order valence-electron chi connectivity index (χ2n) is 2.98. The van der Waals surface area contributed by atoms with Gasteiger partial charge in [0.15, 0.2) is 0 Å². The summed E-state index contributed by atoms with van der Waals surface area (Å²) in [5.41, 5.74) is 0.725. The zero-order valence-corrected chi connectivity index (χ0v) is 9.63. The fourth-order valence-corrected chi connectivity index (χ4v) is 2.04. The Hall–Kier alpha value is -1.16. The number of ether oxygens (including phenoxy) is 1. The van der Waals surface area contributed by atoms with Crippen molar-refractivity contribution >= 4 is 17.7 Å². The number of hydrogen-bond acceptors (Lipinski definition) is 3. The van der Waals surface area contributed by atoms with Crippen LogP contribution in [0.4, 0.5) is 0 Å². The molecular formula is C11H14O3S. The van der Waals surface area contributed by atoms with E-state index in [1.165, 1.54) is 0 Å². The number of carboxylic acids is 1. The number of aliphatic carboxylic acids is 1. The summed E-state index contributed by atoms with van der Waals surface area (Å²) in [4.78, 5) is 11.7. The second kappa shape index (κ2) is 5.66. The van der Waals surface area contributed by atoms with E-state index in [9.17, 15) is 4.79 Å². The Kier molecular flexibility index (Phi) is 4.49. The smallest absolute Gasteiger partial charge is 0.307 e. The SMILES string of the molecule is CCSc1ccc(OC)c(CC(=O)O)c1. The lowest BCUT2D eigenvalue weighted by molar-refractivity contribution is -0.136. The van der Waals surface area contributed by atoms with Crippen LogP contribution in [-0.2, 0) is 11.2 Å². The Morgan fingerprint density at radius 3 is 2.80 bits per heavy atom. The molecule has 0 saturated heterocycles. The van der Waals surface area contributed by atoms with Gasteiger partial charge in [-0.25, -0.2) is 0 Å². The Morgan fingerprint density at radius 2 is 2.27 bits per heavy atom. The van der Waals surface area contributed by atoms with Gasteiger partial charge in [-0.1, -0.05) is 6.92 Å². The van der Waals surface area contributed by atoms with E-state index < -0.39 is 5.97 Å². The highest BCUT2D eigenvalue weighted by Gasteiger charge is 2.08. The largest absolute Gasteiger partial charge is 0.496 e. The molecule has 0 fully saturated rings. The van der Waals surface area contributed by atoms with Crippen LogP contribution in [0.2, 0.25) is 0 Å². The molecule has 1 rings (SSSR count). The van der Waals surface area contributed by atoms with E-state index in [4.69, 9.17) is 9.84 Å². The van der Waals surface area contributed by atoms with Crippen molar-refractivity contribution in [3.63, 3.8) is 0 Å². The van der Waals surface area contributed by atoms with Gasteiger partial charge < -0.3 is 9.84 Å². The summed E-state index contributed by atoms with van der Waals surface area (Å²) in [5.74, 6) is 0.767. The maximum Gasteiger partial charge on any atom is 0.307 e. The van der Waals surface area contributed by atoms with Crippen molar-refractivity contribution in [2.75, 3.05) is 12.9 Å². The van der Waals surface area contributed by atoms with E-state index in [2.05, 4.69) is 6.92 Å². The van der Waals surface area contributed by atoms with Gasteiger partial charge in [0.25, 0.3) is 0 Å². The quantitative estimate of drug-likeness (QED) is 0.783. The maximum absolute atomic E-state index is 10.6. The summed E-state index contributed by atoms with van der Waals surface area (Å²) in [7, 11) is 1.55. The molecule has 0 atom stereocenters. The number of rotatable bonds is 5. The third-order valence-corrected chi connectivity index (χ3v) is 2.78. The summed E-state index contributed by atoms with van der Waals surface area (Å²) < 4.78 is 5.11. The van der Waals surface area contributed by atoms with Crippen molar-refractivity contribution in [2.45, 2.75) is 18.2 Å². The molecule has 1 aromatic rings. The van der Waals surface area contributed by atoms with E-state index in [1.807, 2.05) is 18.2 Å². The van der Waals surface area contributed by atoms with Crippen molar-refractivity contribution in [1.82, 2.24) is 0 Å². The van der Waals surface area contributed by atoms with E-state index in [1.54, 1.807) is 18.9 Å². The van der Waals surface area contributed by atoms with Gasteiger partial charge >= 0.3 is 5.97 Å². The number of hydrogen-bond donors (Lipinski definition) is 1. The van der Waals surface area contributed by atoms with E-state index in [0.717, 1.165) is 16.2 Å². The molecule has 15 heavy (non-hydrogen) atoms. The molecule has 1 N–H and O–H groups in total. The molecule has 0 aliphatic carbocycles. The molecule has 4 heteroatoms. The summed E-state index contributed by atoms with van der Waals surface area (Å²) in [6.45, 7) is 2.06. The van der Waals surface area contributed by atoms with Crippen LogP contribution in [0.15, 0.2) is 23.1 Å². The molecule has 0 aliphatic rings. The van der Waals surface area contributed by atoms with E-state index in [0.29, 0.717) is 5.75 Å². The van der Waals surface area contributed by atoms with Crippen LogP contribution < -0.4 is 4.74 Å². The van der Waals surface area contributed by atoms with Gasteiger partial charge in [0.2, 0.25) is 0 Å². The minimum absolute atomic E-state index is 0.00128. The monoisotopic (exact) mass is 226 g/mol. The van der Waals surface area contributed by atoms with Crippen LogP contribution in [0.5, 0.6) is 5.75 Å². The van der Waals surface area contributed by atoms with Crippen LogP contribution in [-0.4, -0.2) is 23.9 Å². The third-order valence-electron chi connectivity index (χ3n) is 1.90. The lowest BCUT2D eigenvalue weighted by Crippen LogP contribution is -2.02. The van der Waals surface area contributed by atoms with Crippen LogP contribution in [0.1, 0.15) is 12.5 Å². The van der Waals surface area contributed by atoms with Gasteiger partial charge in [0.05, 0.1) is 13.5 Å². The molecule has 0 bridgehead atoms. The third kappa shape index (κ3) is 3.47. The second-order valence-corrected chi connectivity index (χ2v) is 4.31. The highest BCUT2D eigenvalue weighted by molar-refractivity contribution is 7.99. The normalized spacial score (nSPS) is 10.0. The van der Waals surface area contributed by atoms with Gasteiger partial charge in [0.1, 0.15) is 5.75 Å². The van der Waals surface area contributed by atoms with Crippen LogP contribution in [0.3, 0.4) is 0 Å². The highest BCUT2D eigenvalue weighted by atomic mass is 32.2. The van der Waals surface area contributed by atoms with Crippen molar-refractivity contribution in [1.29, 1.82) is 0 Å². The minimum atomic E-state index is -0.841. The Labute approximate surface area is 93.4 Å². The fraction of sp³-hybridized carbons (Fsp3) is 0.364. The average Bonchev–Trinajstić information content (AvgIpc) is 2.18. The Balaban J connectivity index is 2.96. The standard InChI is InChI=1S/C11H14O3S/c1-3-15-9-4-5-10(14-2)8(6-9)7-11(12)13/h4-6H,3,7H2,1-2H3,(H,12,13). The highest BCUT2D eigenvalue weighted by Crippen LogP contribution is 2.26. The van der Waals surface area contributed by atoms with Crippen LogP contribution in [0, 0.1) is 0 Å². The first-order valence-corrected chi connectivity index (χ1v) is 5.67. The van der Waals surface area contributed by atoms with Crippen molar-refractivity contribution < 1.29 is 14.6 Å². The summed E-state index contributed by atoms with van der Waals surface area (Å²) in [6, 6.07) is 5.63. The molecule has 0 unspecified atom stereocenters. The number of thioether (sulfide) groups is 1. The lowest BCUT2D eigenvalue weighted by Gasteiger charge is -2.08. The van der Waals surface area contributed by atoms with Crippen molar-refractivity contribution in [3.8, 4) is 5.75 Å². The molecule has 0 spiro atoms. The molecule has 0 heterocycles. The zero-order valence-electron chi connectivity index (χ0n) is 8.82. The first kappa shape index (κ1) is 11.9. The average molecular weight is 226 g/mol. The van der Waals surface area contributed by atoms with Gasteiger partial charge in [0, 0.05) is 10.5 Å². The van der Waals surface area contributed by atoms with Crippen molar-refractivity contribution in [3.05, 3.63) is 23.8 Å². The fourth-order valence-electron chi connectivity index (χ4n) is 1.31. The maximum atomic E-state index is 10.6. The number of benzene rings is 1. The van der Waals surface area contributed by atoms with Crippen LogP contribution >= 0.6 is 11.8 Å². The lowest BCUT2D eigenvalue weighted by atomic mass is 10.1. The van der Waals surface area contributed by atoms with Crippen molar-refractivity contribution in [2.24, 2.45) is 0 Å². The van der Waals surface area contributed by atoms with E-state index >= 15 is 0 Å². The van der Waals surface area contributed by atoms with Gasteiger partial charge in [-0.3, -0.25) is 4.79 Å². The van der Waals surface area contributed by atoms with Gasteiger partial charge in [-0.05, 0) is 24.0 Å². The topological polar surface area (TPSA) is 46.5 Å². The first-order valence-electron chi connectivity index (χ1n) is 4.69. The molecule has 0 aromatic heterocycles. The predicted molar refractivity (Wildman–Crippen MR) is 60.7 cm³/mol. The van der Waals surface area contributed by atoms with Gasteiger partial charge in [-0.2, -0.15) is 0 Å². The Bertz CT molecular complexity index is 350. The predicted octanol–water partition coefficient (Wildman–Crippen LogP) is 2.43. The molecule has 3 nitrogen and oxygen atoms in total. The molecule has 0 saturated carbocycles. The molecular weight excluding hydrogens is 212 g/mol. The zero-order chi connectivity index (χ0) is 11.3. The molecule has 0 aliphatic heterocycles.